The fourth-order valence-electron chi connectivity index (χ4n) is 6.76. The molecule has 1 aromatic carbocycles. The third kappa shape index (κ3) is 3.57. The van der Waals surface area contributed by atoms with Crippen LogP contribution in [0.5, 0.6) is 0 Å². The molecule has 2 saturated heterocycles. The van der Waals surface area contributed by atoms with Crippen molar-refractivity contribution >= 4 is 11.7 Å². The fraction of sp³-hybridized carbons (Fsp3) is 0.654. The monoisotopic (exact) mass is 408 g/mol. The van der Waals surface area contributed by atoms with Crippen molar-refractivity contribution in [2.45, 2.75) is 52.1 Å². The molecule has 5 atom stereocenters. The van der Waals surface area contributed by atoms with Crippen molar-refractivity contribution in [2.75, 3.05) is 37.6 Å². The molecule has 4 nitrogen and oxygen atoms in total. The highest BCUT2D eigenvalue weighted by molar-refractivity contribution is 5.75. The van der Waals surface area contributed by atoms with Gasteiger partial charge >= 0.3 is 5.97 Å². The average molecular weight is 409 g/mol. The van der Waals surface area contributed by atoms with E-state index >= 15 is 0 Å². The first-order valence-corrected chi connectivity index (χ1v) is 11.8. The predicted molar refractivity (Wildman–Crippen MR) is 121 cm³/mol. The molecule has 2 saturated carbocycles. The molecule has 0 spiro atoms. The van der Waals surface area contributed by atoms with Crippen LogP contribution in [0.4, 0.5) is 5.69 Å². The van der Waals surface area contributed by atoms with Crippen molar-refractivity contribution in [3.8, 4) is 0 Å². The molecule has 4 fully saturated rings. The molecule has 2 aliphatic carbocycles. The SMILES string of the molecule is C=C1CCCC2(C)CC3OC(=O)C(CN4CCN(c5cccc(C)c5)CC4)C3CC12. The normalized spacial score (nSPS) is 36.9. The van der Waals surface area contributed by atoms with Crippen LogP contribution in [0.25, 0.3) is 0 Å². The maximum Gasteiger partial charge on any atom is 0.310 e. The van der Waals surface area contributed by atoms with Crippen molar-refractivity contribution in [3.05, 3.63) is 42.0 Å². The number of aryl methyl sites for hydroxylation is 1. The topological polar surface area (TPSA) is 32.8 Å². The molecule has 0 bridgehead atoms. The second kappa shape index (κ2) is 7.71. The zero-order valence-corrected chi connectivity index (χ0v) is 18.6. The Morgan fingerprint density at radius 1 is 1.23 bits per heavy atom. The molecular weight excluding hydrogens is 372 g/mol. The van der Waals surface area contributed by atoms with Gasteiger partial charge in [0.1, 0.15) is 6.10 Å². The van der Waals surface area contributed by atoms with Gasteiger partial charge in [-0.15, -0.1) is 0 Å². The van der Waals surface area contributed by atoms with Gasteiger partial charge in [-0.1, -0.05) is 31.2 Å². The molecular formula is C26H36N2O2. The van der Waals surface area contributed by atoms with Gasteiger partial charge in [0.25, 0.3) is 0 Å². The third-order valence-corrected chi connectivity index (χ3v) is 8.51. The number of allylic oxidation sites excluding steroid dienone is 1. The lowest BCUT2D eigenvalue weighted by atomic mass is 9.55. The van der Waals surface area contributed by atoms with Gasteiger partial charge in [-0.25, -0.2) is 0 Å². The molecule has 5 unspecified atom stereocenters. The number of hydrogen-bond donors (Lipinski definition) is 0. The summed E-state index contributed by atoms with van der Waals surface area (Å²) in [5, 5.41) is 0. The van der Waals surface area contributed by atoms with E-state index in [1.807, 2.05) is 0 Å². The van der Waals surface area contributed by atoms with Crippen LogP contribution in [-0.4, -0.2) is 49.7 Å². The van der Waals surface area contributed by atoms with Gasteiger partial charge < -0.3 is 9.64 Å². The number of fused-ring (bicyclic) bond motifs is 2. The van der Waals surface area contributed by atoms with Gasteiger partial charge in [-0.3, -0.25) is 9.69 Å². The van der Waals surface area contributed by atoms with Crippen LogP contribution in [0.1, 0.15) is 44.6 Å². The number of esters is 1. The van der Waals surface area contributed by atoms with Gasteiger partial charge in [0.15, 0.2) is 0 Å². The summed E-state index contributed by atoms with van der Waals surface area (Å²) < 4.78 is 5.97. The van der Waals surface area contributed by atoms with E-state index in [1.165, 1.54) is 29.7 Å². The first-order chi connectivity index (χ1) is 14.4. The highest BCUT2D eigenvalue weighted by Gasteiger charge is 2.55. The molecule has 2 aliphatic heterocycles. The van der Waals surface area contributed by atoms with Crippen LogP contribution >= 0.6 is 0 Å². The molecule has 0 N–H and O–H groups in total. The van der Waals surface area contributed by atoms with E-state index in [-0.39, 0.29) is 23.4 Å². The van der Waals surface area contributed by atoms with Crippen molar-refractivity contribution in [2.24, 2.45) is 23.2 Å². The minimum Gasteiger partial charge on any atom is -0.462 e. The molecule has 4 heteroatoms. The quantitative estimate of drug-likeness (QED) is 0.547. The van der Waals surface area contributed by atoms with E-state index in [0.717, 1.165) is 52.0 Å². The highest BCUT2D eigenvalue weighted by Crippen LogP contribution is 2.56. The van der Waals surface area contributed by atoms with E-state index in [1.54, 1.807) is 0 Å². The lowest BCUT2D eigenvalue weighted by Crippen LogP contribution is -2.50. The summed E-state index contributed by atoms with van der Waals surface area (Å²) in [5.74, 6) is 1.04. The molecule has 1 aromatic rings. The minimum absolute atomic E-state index is 0.0415. The Morgan fingerprint density at radius 2 is 2.03 bits per heavy atom. The molecule has 4 aliphatic rings. The number of carbonyl (C=O) groups excluding carboxylic acids is 1. The van der Waals surface area contributed by atoms with Gasteiger partial charge in [0, 0.05) is 44.3 Å². The van der Waals surface area contributed by atoms with E-state index in [0.29, 0.717) is 11.8 Å². The minimum atomic E-state index is 0.0415. The van der Waals surface area contributed by atoms with E-state index in [4.69, 9.17) is 4.74 Å². The summed E-state index contributed by atoms with van der Waals surface area (Å²) >= 11 is 0. The molecule has 30 heavy (non-hydrogen) atoms. The fourth-order valence-corrected chi connectivity index (χ4v) is 6.76. The third-order valence-electron chi connectivity index (χ3n) is 8.51. The number of rotatable bonds is 3. The summed E-state index contributed by atoms with van der Waals surface area (Å²) in [6.07, 6.45) is 5.92. The molecule has 0 radical (unpaired) electrons. The zero-order valence-electron chi connectivity index (χ0n) is 18.6. The predicted octanol–water partition coefficient (Wildman–Crippen LogP) is 4.43. The van der Waals surface area contributed by atoms with Crippen molar-refractivity contribution in [3.63, 3.8) is 0 Å². The number of benzene rings is 1. The second-order valence-electron chi connectivity index (χ2n) is 10.5. The summed E-state index contributed by atoms with van der Waals surface area (Å²) in [5.41, 5.74) is 4.33. The van der Waals surface area contributed by atoms with E-state index in [9.17, 15) is 4.79 Å². The zero-order chi connectivity index (χ0) is 20.9. The Bertz CT molecular complexity index is 828. The molecule has 162 valence electrons. The maximum absolute atomic E-state index is 12.8. The number of piperazine rings is 1. The van der Waals surface area contributed by atoms with Crippen LogP contribution in [0.15, 0.2) is 36.4 Å². The number of ether oxygens (including phenoxy) is 1. The average Bonchev–Trinajstić information content (AvgIpc) is 3.01. The van der Waals surface area contributed by atoms with Crippen molar-refractivity contribution in [1.82, 2.24) is 4.90 Å². The smallest absolute Gasteiger partial charge is 0.310 e. The van der Waals surface area contributed by atoms with Gasteiger partial charge in [0.05, 0.1) is 5.92 Å². The maximum atomic E-state index is 12.8. The second-order valence-corrected chi connectivity index (χ2v) is 10.5. The van der Waals surface area contributed by atoms with Gasteiger partial charge in [-0.2, -0.15) is 0 Å². The number of nitrogens with zero attached hydrogens (tertiary/aromatic N) is 2. The highest BCUT2D eigenvalue weighted by atomic mass is 16.6. The van der Waals surface area contributed by atoms with Crippen LogP contribution < -0.4 is 4.90 Å². The lowest BCUT2D eigenvalue weighted by Gasteiger charge is -2.50. The van der Waals surface area contributed by atoms with Crippen molar-refractivity contribution < 1.29 is 9.53 Å². The Morgan fingerprint density at radius 3 is 2.80 bits per heavy atom. The molecule has 0 amide bonds. The van der Waals surface area contributed by atoms with Crippen molar-refractivity contribution in [1.29, 1.82) is 0 Å². The molecule has 5 rings (SSSR count). The standard InChI is InChI=1S/C26H36N2O2/c1-18-6-4-8-20(14-18)28-12-10-27(11-13-28)17-22-21-15-23-19(2)7-5-9-26(23,3)16-24(21)30-25(22)29/h4,6,8,14,21-24H,2,5,7,9-13,15-17H2,1,3H3. The number of hydrogen-bond acceptors (Lipinski definition) is 4. The van der Waals surface area contributed by atoms with Gasteiger partial charge in [-0.05, 0) is 68.1 Å². The van der Waals surface area contributed by atoms with Crippen LogP contribution in [-0.2, 0) is 9.53 Å². The summed E-state index contributed by atoms with van der Waals surface area (Å²) in [6.45, 7) is 13.9. The molecule has 2 heterocycles. The summed E-state index contributed by atoms with van der Waals surface area (Å²) in [7, 11) is 0. The van der Waals surface area contributed by atoms with Crippen LogP contribution in [0.3, 0.4) is 0 Å². The van der Waals surface area contributed by atoms with E-state index < -0.39 is 0 Å². The Balaban J connectivity index is 1.23. The van der Waals surface area contributed by atoms with Gasteiger partial charge in [0.2, 0.25) is 0 Å². The van der Waals surface area contributed by atoms with Crippen LogP contribution in [0.2, 0.25) is 0 Å². The summed E-state index contributed by atoms with van der Waals surface area (Å²) in [4.78, 5) is 17.8. The van der Waals surface area contributed by atoms with E-state index in [2.05, 4.69) is 54.5 Å². The Labute approximate surface area is 181 Å². The number of carbonyl (C=O) groups is 1. The summed E-state index contributed by atoms with van der Waals surface area (Å²) in [6, 6.07) is 8.77. The Hall–Kier alpha value is -1.81. The lowest BCUT2D eigenvalue weighted by molar-refractivity contribution is -0.146. The molecule has 0 aromatic heterocycles. The number of anilines is 1. The van der Waals surface area contributed by atoms with Crippen LogP contribution in [0, 0.1) is 30.1 Å². The first kappa shape index (κ1) is 20.1. The Kier molecular flexibility index (Phi) is 5.17. The largest absolute Gasteiger partial charge is 0.462 e. The first-order valence-electron chi connectivity index (χ1n) is 11.8.